The molecule has 0 bridgehead atoms. The van der Waals surface area contributed by atoms with Crippen LogP contribution in [0, 0.1) is 6.92 Å². The minimum absolute atomic E-state index is 0.0111. The zero-order valence-corrected chi connectivity index (χ0v) is 15.2. The van der Waals surface area contributed by atoms with Gasteiger partial charge in [0.25, 0.3) is 0 Å². The maximum Gasteiger partial charge on any atom is 0.249 e. The molecule has 2 amide bonds. The van der Waals surface area contributed by atoms with Crippen LogP contribution in [-0.2, 0) is 9.59 Å². The van der Waals surface area contributed by atoms with Crippen LogP contribution in [-0.4, -0.2) is 43.7 Å². The van der Waals surface area contributed by atoms with Gasteiger partial charge in [-0.05, 0) is 25.1 Å². The molecule has 3 rings (SSSR count). The van der Waals surface area contributed by atoms with Gasteiger partial charge in [-0.15, -0.1) is 23.1 Å². The summed E-state index contributed by atoms with van der Waals surface area (Å²) in [7, 11) is 0. The normalized spacial score (nSPS) is 19.8. The van der Waals surface area contributed by atoms with E-state index in [0.717, 1.165) is 4.88 Å². The summed E-state index contributed by atoms with van der Waals surface area (Å²) in [5.41, 5.74) is 0.403. The Labute approximate surface area is 152 Å². The number of carbonyl (C=O) groups excluding carboxylic acids is 2. The molecule has 0 saturated carbocycles. The first-order valence-corrected chi connectivity index (χ1v) is 9.39. The van der Waals surface area contributed by atoms with Crippen LogP contribution in [0.1, 0.15) is 22.7 Å². The first-order valence-electron chi connectivity index (χ1n) is 7.52. The lowest BCUT2D eigenvalue weighted by molar-refractivity contribution is -0.136. The Bertz CT molecular complexity index is 823. The second kappa shape index (κ2) is 6.93. The van der Waals surface area contributed by atoms with Crippen LogP contribution in [0.25, 0.3) is 0 Å². The fourth-order valence-electron chi connectivity index (χ4n) is 2.67. The Kier molecular flexibility index (Phi) is 4.87. The maximum atomic E-state index is 12.6. The zero-order chi connectivity index (χ0) is 18.1. The number of hydrogen-bond acceptors (Lipinski definition) is 7. The van der Waals surface area contributed by atoms with Gasteiger partial charge in [0, 0.05) is 29.3 Å². The standard InChI is InChI=1S/C16H17N3O4S2/c1-8-6-17-16(25-8)18-14(23)12-7-24-15(19(12)9(2)20)11-5-10(21)3-4-13(11)22/h3-6,12,15,21-22H,7H2,1-2H3,(H,17,18,23). The number of thiazole rings is 1. The molecule has 1 aromatic heterocycles. The van der Waals surface area contributed by atoms with Gasteiger partial charge in [-0.1, -0.05) is 0 Å². The van der Waals surface area contributed by atoms with E-state index in [2.05, 4.69) is 10.3 Å². The van der Waals surface area contributed by atoms with Gasteiger partial charge in [-0.2, -0.15) is 0 Å². The lowest BCUT2D eigenvalue weighted by Crippen LogP contribution is -2.44. The molecule has 3 N–H and O–H groups in total. The monoisotopic (exact) mass is 379 g/mol. The number of rotatable bonds is 3. The van der Waals surface area contributed by atoms with Crippen LogP contribution < -0.4 is 5.32 Å². The van der Waals surface area contributed by atoms with Crippen molar-refractivity contribution in [2.45, 2.75) is 25.3 Å². The van der Waals surface area contributed by atoms with E-state index in [-0.39, 0.29) is 23.3 Å². The number of nitrogens with zero attached hydrogens (tertiary/aromatic N) is 2. The van der Waals surface area contributed by atoms with Crippen LogP contribution in [0.3, 0.4) is 0 Å². The van der Waals surface area contributed by atoms with Crippen molar-refractivity contribution in [3.05, 3.63) is 34.8 Å². The number of aryl methyl sites for hydroxylation is 1. The molecule has 2 unspecified atom stereocenters. The van der Waals surface area contributed by atoms with Crippen molar-refractivity contribution in [1.29, 1.82) is 0 Å². The number of aromatic hydroxyl groups is 2. The summed E-state index contributed by atoms with van der Waals surface area (Å²) in [4.78, 5) is 31.3. The van der Waals surface area contributed by atoms with E-state index in [0.29, 0.717) is 16.4 Å². The Morgan fingerprint density at radius 3 is 2.76 bits per heavy atom. The molecule has 7 nitrogen and oxygen atoms in total. The van der Waals surface area contributed by atoms with Crippen molar-refractivity contribution in [3.8, 4) is 11.5 Å². The summed E-state index contributed by atoms with van der Waals surface area (Å²) in [5.74, 6) is -0.260. The highest BCUT2D eigenvalue weighted by atomic mass is 32.2. The van der Waals surface area contributed by atoms with Crippen molar-refractivity contribution in [2.75, 3.05) is 11.1 Å². The Morgan fingerprint density at radius 1 is 1.36 bits per heavy atom. The van der Waals surface area contributed by atoms with Gasteiger partial charge in [-0.25, -0.2) is 4.98 Å². The molecule has 1 saturated heterocycles. The van der Waals surface area contributed by atoms with E-state index in [1.54, 1.807) is 6.20 Å². The molecule has 0 aliphatic carbocycles. The van der Waals surface area contributed by atoms with Gasteiger partial charge in [0.05, 0.1) is 0 Å². The molecule has 0 radical (unpaired) electrons. The highest BCUT2D eigenvalue weighted by Gasteiger charge is 2.42. The molecular formula is C16H17N3O4S2. The zero-order valence-electron chi connectivity index (χ0n) is 13.6. The number of carbonyl (C=O) groups is 2. The van der Waals surface area contributed by atoms with Crippen LogP contribution in [0.15, 0.2) is 24.4 Å². The molecule has 132 valence electrons. The quantitative estimate of drug-likeness (QED) is 0.708. The molecule has 2 atom stereocenters. The van der Waals surface area contributed by atoms with Crippen LogP contribution in [0.5, 0.6) is 11.5 Å². The maximum absolute atomic E-state index is 12.6. The van der Waals surface area contributed by atoms with Gasteiger partial charge in [0.2, 0.25) is 11.8 Å². The largest absolute Gasteiger partial charge is 0.508 e. The smallest absolute Gasteiger partial charge is 0.249 e. The van der Waals surface area contributed by atoms with E-state index in [1.807, 2.05) is 6.92 Å². The number of phenolic OH excluding ortho intramolecular Hbond substituents is 2. The average Bonchev–Trinajstić information content (AvgIpc) is 3.16. The second-order valence-electron chi connectivity index (χ2n) is 5.64. The minimum Gasteiger partial charge on any atom is -0.508 e. The molecule has 2 heterocycles. The van der Waals surface area contributed by atoms with Crippen molar-refractivity contribution >= 4 is 40.0 Å². The van der Waals surface area contributed by atoms with E-state index in [4.69, 9.17) is 0 Å². The molecule has 1 aliphatic heterocycles. The number of phenols is 2. The Morgan fingerprint density at radius 2 is 2.12 bits per heavy atom. The Balaban J connectivity index is 1.85. The van der Waals surface area contributed by atoms with Crippen molar-refractivity contribution in [2.24, 2.45) is 0 Å². The fraction of sp³-hybridized carbons (Fsp3) is 0.312. The van der Waals surface area contributed by atoms with Gasteiger partial charge in [-0.3, -0.25) is 9.59 Å². The summed E-state index contributed by atoms with van der Waals surface area (Å²) in [6.45, 7) is 3.27. The van der Waals surface area contributed by atoms with Gasteiger partial charge in [0.1, 0.15) is 22.9 Å². The summed E-state index contributed by atoms with van der Waals surface area (Å²) in [6.07, 6.45) is 1.67. The number of thioether (sulfide) groups is 1. The van der Waals surface area contributed by atoms with Crippen molar-refractivity contribution < 1.29 is 19.8 Å². The number of anilines is 1. The summed E-state index contributed by atoms with van der Waals surface area (Å²) in [5, 5.41) is 22.5. The lowest BCUT2D eigenvalue weighted by Gasteiger charge is -2.28. The molecule has 25 heavy (non-hydrogen) atoms. The molecule has 1 aromatic carbocycles. The third kappa shape index (κ3) is 3.57. The summed E-state index contributed by atoms with van der Waals surface area (Å²) >= 11 is 2.72. The van der Waals surface area contributed by atoms with E-state index < -0.39 is 11.4 Å². The predicted molar refractivity (Wildman–Crippen MR) is 96.8 cm³/mol. The van der Waals surface area contributed by atoms with Crippen LogP contribution >= 0.6 is 23.1 Å². The molecule has 9 heteroatoms. The molecule has 1 aliphatic rings. The third-order valence-corrected chi connectivity index (χ3v) is 5.93. The van der Waals surface area contributed by atoms with E-state index >= 15 is 0 Å². The molecule has 0 spiro atoms. The van der Waals surface area contributed by atoms with Crippen LogP contribution in [0.4, 0.5) is 5.13 Å². The molecular weight excluding hydrogens is 362 g/mol. The topological polar surface area (TPSA) is 103 Å². The van der Waals surface area contributed by atoms with Crippen molar-refractivity contribution in [1.82, 2.24) is 9.88 Å². The highest BCUT2D eigenvalue weighted by Crippen LogP contribution is 2.45. The van der Waals surface area contributed by atoms with Crippen LogP contribution in [0.2, 0.25) is 0 Å². The molecule has 1 fully saturated rings. The predicted octanol–water partition coefficient (Wildman–Crippen LogP) is 2.46. The second-order valence-corrected chi connectivity index (χ2v) is 7.98. The van der Waals surface area contributed by atoms with Gasteiger partial charge < -0.3 is 20.4 Å². The Hall–Kier alpha value is -2.26. The molecule has 2 aromatic rings. The van der Waals surface area contributed by atoms with Gasteiger partial charge >= 0.3 is 0 Å². The number of hydrogen-bond donors (Lipinski definition) is 3. The third-order valence-electron chi connectivity index (χ3n) is 3.80. The summed E-state index contributed by atoms with van der Waals surface area (Å²) in [6, 6.07) is 3.47. The van der Waals surface area contributed by atoms with E-state index in [1.165, 1.54) is 53.1 Å². The average molecular weight is 379 g/mol. The minimum atomic E-state index is -0.682. The number of benzene rings is 1. The SMILES string of the molecule is CC(=O)N1C(C(=O)Nc2ncc(C)s2)CSC1c1cc(O)ccc1O. The first-order chi connectivity index (χ1) is 11.9. The number of nitrogens with one attached hydrogen (secondary N) is 1. The highest BCUT2D eigenvalue weighted by molar-refractivity contribution is 7.99. The van der Waals surface area contributed by atoms with Gasteiger partial charge in [0.15, 0.2) is 5.13 Å². The van der Waals surface area contributed by atoms with Crippen molar-refractivity contribution in [3.63, 3.8) is 0 Å². The van der Waals surface area contributed by atoms with E-state index in [9.17, 15) is 19.8 Å². The first kappa shape index (κ1) is 17.6. The summed E-state index contributed by atoms with van der Waals surface area (Å²) < 4.78 is 0. The number of aromatic nitrogens is 1. The lowest BCUT2D eigenvalue weighted by atomic mass is 10.1. The number of amides is 2. The fourth-order valence-corrected chi connectivity index (χ4v) is 4.84.